The molecule has 0 spiro atoms. The Morgan fingerprint density at radius 3 is 2.48 bits per heavy atom. The zero-order valence-electron chi connectivity index (χ0n) is 18.1. The third-order valence-corrected chi connectivity index (χ3v) is 6.03. The highest BCUT2D eigenvalue weighted by Crippen LogP contribution is 2.38. The number of quaternary nitrogens is 1. The number of ketones is 1. The monoisotopic (exact) mass is 421 g/mol. The fourth-order valence-electron chi connectivity index (χ4n) is 4.76. The molecule has 2 atom stereocenters. The molecule has 0 aliphatic carbocycles. The van der Waals surface area contributed by atoms with E-state index in [1.54, 1.807) is 36.4 Å². The van der Waals surface area contributed by atoms with Crippen molar-refractivity contribution in [2.24, 2.45) is 11.8 Å². The van der Waals surface area contributed by atoms with Gasteiger partial charge >= 0.3 is 5.97 Å². The van der Waals surface area contributed by atoms with Crippen LogP contribution in [0.1, 0.15) is 52.1 Å². The molecule has 6 nitrogen and oxygen atoms in total. The van der Waals surface area contributed by atoms with Gasteiger partial charge in [0, 0.05) is 17.4 Å². The third kappa shape index (κ3) is 4.35. The number of fused-ring (bicyclic) bond motifs is 1. The van der Waals surface area contributed by atoms with Crippen LogP contribution in [0.15, 0.2) is 42.2 Å². The number of Topliss-reactive ketones (excluding diaryl/α,β-unsaturated/α-hetero) is 1. The summed E-state index contributed by atoms with van der Waals surface area (Å²) in [7, 11) is 1.33. The first kappa shape index (κ1) is 21.1. The van der Waals surface area contributed by atoms with Crippen molar-refractivity contribution in [1.82, 2.24) is 0 Å². The first-order chi connectivity index (χ1) is 14.9. The molecule has 1 N–H and O–H groups in total. The number of carbonyl (C=O) groups excluding carboxylic acids is 2. The highest BCUT2D eigenvalue weighted by atomic mass is 16.5. The smallest absolute Gasteiger partial charge is 0.337 e. The summed E-state index contributed by atoms with van der Waals surface area (Å²) in [6, 6.07) is 9.74. The predicted molar refractivity (Wildman–Crippen MR) is 114 cm³/mol. The normalized spacial score (nSPS) is 24.0. The molecule has 31 heavy (non-hydrogen) atoms. The van der Waals surface area contributed by atoms with Crippen LogP contribution in [0, 0.1) is 11.8 Å². The van der Waals surface area contributed by atoms with Crippen molar-refractivity contribution >= 4 is 17.8 Å². The Bertz CT molecular complexity index is 1030. The molecule has 0 saturated carbocycles. The SMILES string of the molecule is COC(=O)c1ccc(C=C2Oc3c(ccc([O-])c3C[NH+]3CC(C)CC(C)C3)C2=O)cc1. The lowest BCUT2D eigenvalue weighted by atomic mass is 9.91. The number of rotatable bonds is 4. The van der Waals surface area contributed by atoms with E-state index in [0.29, 0.717) is 40.8 Å². The fraction of sp³-hybridized carbons (Fsp3) is 0.360. The Hall–Kier alpha value is -3.12. The number of carbonyl (C=O) groups is 2. The standard InChI is InChI=1S/C25H27NO5/c1-15-10-16(2)13-26(12-15)14-20-21(27)9-8-19-23(28)22(31-24(19)20)11-17-4-6-18(7-5-17)25(29)30-3/h4-9,11,15-16,27H,10,12-14H2,1-3H3. The van der Waals surface area contributed by atoms with E-state index in [9.17, 15) is 14.7 Å². The van der Waals surface area contributed by atoms with E-state index in [1.165, 1.54) is 24.5 Å². The summed E-state index contributed by atoms with van der Waals surface area (Å²) in [4.78, 5) is 25.9. The van der Waals surface area contributed by atoms with Gasteiger partial charge in [-0.3, -0.25) is 4.79 Å². The quantitative estimate of drug-likeness (QED) is 0.605. The average Bonchev–Trinajstić information content (AvgIpc) is 3.05. The van der Waals surface area contributed by atoms with Crippen molar-refractivity contribution in [3.8, 4) is 11.5 Å². The number of allylic oxidation sites excluding steroid dienone is 1. The zero-order chi connectivity index (χ0) is 22.1. The van der Waals surface area contributed by atoms with Gasteiger partial charge < -0.3 is 19.5 Å². The van der Waals surface area contributed by atoms with E-state index in [1.807, 2.05) is 0 Å². The topological polar surface area (TPSA) is 80.1 Å². The molecule has 1 fully saturated rings. The van der Waals surface area contributed by atoms with Crippen LogP contribution in [0.2, 0.25) is 0 Å². The van der Waals surface area contributed by atoms with Crippen molar-refractivity contribution < 1.29 is 29.1 Å². The van der Waals surface area contributed by atoms with Crippen molar-refractivity contribution in [2.75, 3.05) is 20.2 Å². The van der Waals surface area contributed by atoms with Gasteiger partial charge in [0.1, 0.15) is 12.3 Å². The maximum absolute atomic E-state index is 12.9. The third-order valence-electron chi connectivity index (χ3n) is 6.03. The van der Waals surface area contributed by atoms with Crippen LogP contribution in [-0.2, 0) is 11.3 Å². The minimum atomic E-state index is -0.420. The van der Waals surface area contributed by atoms with Gasteiger partial charge in [0.15, 0.2) is 5.76 Å². The van der Waals surface area contributed by atoms with Crippen molar-refractivity contribution in [3.63, 3.8) is 0 Å². The number of ether oxygens (including phenoxy) is 2. The van der Waals surface area contributed by atoms with E-state index in [-0.39, 0.29) is 17.3 Å². The zero-order valence-corrected chi connectivity index (χ0v) is 18.1. The van der Waals surface area contributed by atoms with Crippen LogP contribution in [0.25, 0.3) is 6.08 Å². The maximum Gasteiger partial charge on any atom is 0.337 e. The van der Waals surface area contributed by atoms with Gasteiger partial charge in [-0.15, -0.1) is 0 Å². The number of likely N-dealkylation sites (tertiary alicyclic amines) is 1. The average molecular weight is 421 g/mol. The summed E-state index contributed by atoms with van der Waals surface area (Å²) in [5.74, 6) is 1.05. The van der Waals surface area contributed by atoms with E-state index >= 15 is 0 Å². The Kier molecular flexibility index (Phi) is 5.83. The molecule has 0 aromatic heterocycles. The highest BCUT2D eigenvalue weighted by Gasteiger charge is 2.32. The molecule has 2 heterocycles. The first-order valence-electron chi connectivity index (χ1n) is 10.6. The van der Waals surface area contributed by atoms with Gasteiger partial charge in [-0.05, 0) is 36.3 Å². The number of methoxy groups -OCH3 is 1. The van der Waals surface area contributed by atoms with Gasteiger partial charge in [-0.1, -0.05) is 37.8 Å². The van der Waals surface area contributed by atoms with Crippen LogP contribution < -0.4 is 14.7 Å². The molecule has 2 aliphatic rings. The Morgan fingerprint density at radius 2 is 1.84 bits per heavy atom. The molecule has 6 heteroatoms. The number of benzene rings is 2. The summed E-state index contributed by atoms with van der Waals surface area (Å²) in [5, 5.41) is 12.6. The number of hydrogen-bond donors (Lipinski definition) is 1. The van der Waals surface area contributed by atoms with Gasteiger partial charge in [0.2, 0.25) is 5.78 Å². The Labute approximate surface area is 182 Å². The minimum absolute atomic E-state index is 0.0892. The molecule has 2 aromatic rings. The largest absolute Gasteiger partial charge is 0.872 e. The molecule has 0 radical (unpaired) electrons. The van der Waals surface area contributed by atoms with Crippen LogP contribution in [0.5, 0.6) is 11.5 Å². The fourth-order valence-corrected chi connectivity index (χ4v) is 4.76. The summed E-state index contributed by atoms with van der Waals surface area (Å²) < 4.78 is 10.6. The Morgan fingerprint density at radius 1 is 1.16 bits per heavy atom. The lowest BCUT2D eigenvalue weighted by molar-refractivity contribution is -0.925. The molecule has 0 bridgehead atoms. The van der Waals surface area contributed by atoms with Crippen LogP contribution in [0.4, 0.5) is 0 Å². The van der Waals surface area contributed by atoms with Crippen LogP contribution in [-0.4, -0.2) is 32.0 Å². The molecular weight excluding hydrogens is 394 g/mol. The number of hydrogen-bond acceptors (Lipinski definition) is 5. The van der Waals surface area contributed by atoms with Crippen LogP contribution in [0.3, 0.4) is 0 Å². The van der Waals surface area contributed by atoms with Gasteiger partial charge in [0.25, 0.3) is 0 Å². The summed E-state index contributed by atoms with van der Waals surface area (Å²) in [6.45, 7) is 7.07. The molecule has 1 saturated heterocycles. The van der Waals surface area contributed by atoms with Crippen LogP contribution >= 0.6 is 0 Å². The summed E-state index contributed by atoms with van der Waals surface area (Å²) in [5.41, 5.74) is 2.16. The van der Waals surface area contributed by atoms with Crippen molar-refractivity contribution in [2.45, 2.75) is 26.8 Å². The van der Waals surface area contributed by atoms with E-state index in [0.717, 1.165) is 18.7 Å². The number of piperidine rings is 1. The molecule has 4 rings (SSSR count). The maximum atomic E-state index is 12.9. The molecule has 0 amide bonds. The molecule has 2 aliphatic heterocycles. The van der Waals surface area contributed by atoms with Gasteiger partial charge in [-0.25, -0.2) is 4.79 Å². The van der Waals surface area contributed by atoms with Gasteiger partial charge in [-0.2, -0.15) is 0 Å². The Balaban J connectivity index is 1.59. The second-order valence-electron chi connectivity index (χ2n) is 8.75. The van der Waals surface area contributed by atoms with Gasteiger partial charge in [0.05, 0.1) is 31.3 Å². The van der Waals surface area contributed by atoms with Crippen molar-refractivity contribution in [3.05, 3.63) is 64.4 Å². The molecule has 162 valence electrons. The second kappa shape index (κ2) is 8.55. The summed E-state index contributed by atoms with van der Waals surface area (Å²) >= 11 is 0. The molecule has 2 aromatic carbocycles. The predicted octanol–water partition coefficient (Wildman–Crippen LogP) is 2.22. The lowest BCUT2D eigenvalue weighted by Gasteiger charge is -2.33. The summed E-state index contributed by atoms with van der Waals surface area (Å²) in [6.07, 6.45) is 2.84. The molecule has 2 unspecified atom stereocenters. The van der Waals surface area contributed by atoms with E-state index in [2.05, 4.69) is 13.8 Å². The number of esters is 1. The lowest BCUT2D eigenvalue weighted by Crippen LogP contribution is -3.13. The van der Waals surface area contributed by atoms with Crippen molar-refractivity contribution in [1.29, 1.82) is 0 Å². The second-order valence-corrected chi connectivity index (χ2v) is 8.75. The van der Waals surface area contributed by atoms with E-state index < -0.39 is 5.97 Å². The van der Waals surface area contributed by atoms with E-state index in [4.69, 9.17) is 9.47 Å². The highest BCUT2D eigenvalue weighted by molar-refractivity contribution is 6.15. The molecular formula is C25H27NO5. The first-order valence-corrected chi connectivity index (χ1v) is 10.6. The minimum Gasteiger partial charge on any atom is -0.872 e. The number of nitrogens with one attached hydrogen (secondary N) is 1.